The van der Waals surface area contributed by atoms with E-state index in [9.17, 15) is 8.78 Å². The van der Waals surface area contributed by atoms with Gasteiger partial charge in [0, 0.05) is 10.0 Å². The molecule has 18 heavy (non-hydrogen) atoms. The summed E-state index contributed by atoms with van der Waals surface area (Å²) in [6.45, 7) is 0. The quantitative estimate of drug-likeness (QED) is 0.902. The predicted octanol–water partition coefficient (Wildman–Crippen LogP) is 4.04. The molecule has 0 radical (unpaired) electrons. The summed E-state index contributed by atoms with van der Waals surface area (Å²) in [6.07, 6.45) is 0. The Morgan fingerprint density at radius 1 is 1.06 bits per heavy atom. The van der Waals surface area contributed by atoms with Crippen LogP contribution < -0.4 is 5.32 Å². The lowest BCUT2D eigenvalue weighted by atomic mass is 9.98. The van der Waals surface area contributed by atoms with Gasteiger partial charge in [-0.1, -0.05) is 40.2 Å². The zero-order chi connectivity index (χ0) is 13.1. The van der Waals surface area contributed by atoms with E-state index in [0.717, 1.165) is 5.56 Å². The molecule has 0 saturated carbocycles. The van der Waals surface area contributed by atoms with Crippen molar-refractivity contribution < 1.29 is 8.78 Å². The fourth-order valence-electron chi connectivity index (χ4n) is 1.92. The maximum absolute atomic E-state index is 13.8. The Balaban J connectivity index is 2.49. The van der Waals surface area contributed by atoms with Crippen LogP contribution in [0.1, 0.15) is 17.2 Å². The predicted molar refractivity (Wildman–Crippen MR) is 71.4 cm³/mol. The molecule has 1 N–H and O–H groups in total. The van der Waals surface area contributed by atoms with Crippen LogP contribution in [-0.2, 0) is 0 Å². The lowest BCUT2D eigenvalue weighted by Crippen LogP contribution is -2.19. The summed E-state index contributed by atoms with van der Waals surface area (Å²) in [4.78, 5) is 0. The molecule has 0 aliphatic heterocycles. The van der Waals surface area contributed by atoms with E-state index in [-0.39, 0.29) is 17.7 Å². The Morgan fingerprint density at radius 2 is 1.78 bits per heavy atom. The minimum absolute atomic E-state index is 0.284. The smallest absolute Gasteiger partial charge is 0.128 e. The minimum atomic E-state index is -0.325. The van der Waals surface area contributed by atoms with Gasteiger partial charge in [0.2, 0.25) is 0 Å². The molecule has 0 aliphatic rings. The zero-order valence-electron chi connectivity index (χ0n) is 9.75. The van der Waals surface area contributed by atoms with Crippen LogP contribution >= 0.6 is 15.9 Å². The van der Waals surface area contributed by atoms with Crippen LogP contribution in [0.15, 0.2) is 46.9 Å². The normalized spacial score (nSPS) is 12.4. The number of hydrogen-bond acceptors (Lipinski definition) is 1. The van der Waals surface area contributed by atoms with Gasteiger partial charge in [-0.05, 0) is 30.8 Å². The first-order chi connectivity index (χ1) is 8.63. The highest BCUT2D eigenvalue weighted by Crippen LogP contribution is 2.30. The second-order valence-electron chi connectivity index (χ2n) is 3.91. The molecule has 2 aromatic rings. The molecule has 0 fully saturated rings. The molecule has 0 aromatic heterocycles. The van der Waals surface area contributed by atoms with E-state index < -0.39 is 0 Å². The van der Waals surface area contributed by atoms with Gasteiger partial charge < -0.3 is 5.32 Å². The van der Waals surface area contributed by atoms with Crippen molar-refractivity contribution in [2.45, 2.75) is 6.04 Å². The molecular weight excluding hydrogens is 300 g/mol. The molecule has 0 aliphatic carbocycles. The molecule has 1 nitrogen and oxygen atoms in total. The Labute approximate surface area is 113 Å². The number of benzene rings is 2. The zero-order valence-corrected chi connectivity index (χ0v) is 11.3. The van der Waals surface area contributed by atoms with Crippen LogP contribution in [0.25, 0.3) is 0 Å². The molecule has 0 spiro atoms. The van der Waals surface area contributed by atoms with Crippen LogP contribution in [0.3, 0.4) is 0 Å². The van der Waals surface area contributed by atoms with E-state index in [1.165, 1.54) is 18.2 Å². The highest BCUT2D eigenvalue weighted by molar-refractivity contribution is 9.10. The van der Waals surface area contributed by atoms with Crippen molar-refractivity contribution in [1.29, 1.82) is 0 Å². The summed E-state index contributed by atoms with van der Waals surface area (Å²) < 4.78 is 27.5. The summed E-state index contributed by atoms with van der Waals surface area (Å²) in [6, 6.07) is 10.6. The molecule has 4 heteroatoms. The van der Waals surface area contributed by atoms with Gasteiger partial charge in [0.25, 0.3) is 0 Å². The van der Waals surface area contributed by atoms with Crippen molar-refractivity contribution in [3.63, 3.8) is 0 Å². The van der Waals surface area contributed by atoms with Gasteiger partial charge in [-0.2, -0.15) is 0 Å². The van der Waals surface area contributed by atoms with E-state index in [4.69, 9.17) is 0 Å². The molecule has 2 rings (SSSR count). The number of halogens is 3. The Morgan fingerprint density at radius 3 is 2.39 bits per heavy atom. The topological polar surface area (TPSA) is 12.0 Å². The van der Waals surface area contributed by atoms with Crippen molar-refractivity contribution in [3.8, 4) is 0 Å². The van der Waals surface area contributed by atoms with Crippen molar-refractivity contribution >= 4 is 15.9 Å². The van der Waals surface area contributed by atoms with Crippen LogP contribution in [0.2, 0.25) is 0 Å². The second-order valence-corrected chi connectivity index (χ2v) is 4.76. The highest BCUT2D eigenvalue weighted by Gasteiger charge is 2.18. The summed E-state index contributed by atoms with van der Waals surface area (Å²) in [5.41, 5.74) is 1.33. The van der Waals surface area contributed by atoms with Gasteiger partial charge in [0.15, 0.2) is 0 Å². The van der Waals surface area contributed by atoms with E-state index in [2.05, 4.69) is 21.2 Å². The van der Waals surface area contributed by atoms with E-state index in [0.29, 0.717) is 10.0 Å². The lowest BCUT2D eigenvalue weighted by Gasteiger charge is -2.19. The monoisotopic (exact) mass is 311 g/mol. The van der Waals surface area contributed by atoms with E-state index in [1.54, 1.807) is 31.3 Å². The van der Waals surface area contributed by atoms with Crippen LogP contribution in [0.4, 0.5) is 8.78 Å². The molecule has 94 valence electrons. The lowest BCUT2D eigenvalue weighted by molar-refractivity contribution is 0.573. The first-order valence-corrected chi connectivity index (χ1v) is 6.29. The number of hydrogen-bond donors (Lipinski definition) is 1. The van der Waals surface area contributed by atoms with Crippen LogP contribution in [0, 0.1) is 11.6 Å². The van der Waals surface area contributed by atoms with Crippen molar-refractivity contribution in [3.05, 3.63) is 69.7 Å². The largest absolute Gasteiger partial charge is 0.309 e. The molecular formula is C14H12BrF2N. The average Bonchev–Trinajstić information content (AvgIpc) is 2.34. The third-order valence-corrected chi connectivity index (χ3v) is 3.47. The van der Waals surface area contributed by atoms with Gasteiger partial charge in [-0.3, -0.25) is 0 Å². The summed E-state index contributed by atoms with van der Waals surface area (Å²) >= 11 is 3.31. The number of rotatable bonds is 3. The first kappa shape index (κ1) is 13.2. The molecule has 1 unspecified atom stereocenters. The van der Waals surface area contributed by atoms with Gasteiger partial charge in [0.1, 0.15) is 11.6 Å². The SMILES string of the molecule is CNC(c1ccccc1F)c1ccc(F)cc1Br. The van der Waals surface area contributed by atoms with Crippen molar-refractivity contribution in [1.82, 2.24) is 5.32 Å². The average molecular weight is 312 g/mol. The Kier molecular flexibility index (Phi) is 4.09. The van der Waals surface area contributed by atoms with Crippen LogP contribution in [0.5, 0.6) is 0 Å². The summed E-state index contributed by atoms with van der Waals surface area (Å²) in [5, 5.41) is 3.04. The highest BCUT2D eigenvalue weighted by atomic mass is 79.9. The second kappa shape index (κ2) is 5.59. The van der Waals surface area contributed by atoms with E-state index >= 15 is 0 Å². The summed E-state index contributed by atoms with van der Waals surface area (Å²) in [5.74, 6) is -0.609. The fourth-order valence-corrected chi connectivity index (χ4v) is 2.50. The molecule has 0 amide bonds. The van der Waals surface area contributed by atoms with Gasteiger partial charge in [-0.15, -0.1) is 0 Å². The van der Waals surface area contributed by atoms with Crippen molar-refractivity contribution in [2.75, 3.05) is 7.05 Å². The van der Waals surface area contributed by atoms with Gasteiger partial charge >= 0.3 is 0 Å². The Bertz CT molecular complexity index is 557. The summed E-state index contributed by atoms with van der Waals surface area (Å²) in [7, 11) is 1.74. The fraction of sp³-hybridized carbons (Fsp3) is 0.143. The van der Waals surface area contributed by atoms with Gasteiger partial charge in [-0.25, -0.2) is 8.78 Å². The maximum atomic E-state index is 13.8. The van der Waals surface area contributed by atoms with E-state index in [1.807, 2.05) is 0 Å². The maximum Gasteiger partial charge on any atom is 0.128 e. The van der Waals surface area contributed by atoms with Gasteiger partial charge in [0.05, 0.1) is 6.04 Å². The Hall–Kier alpha value is -1.26. The first-order valence-electron chi connectivity index (χ1n) is 5.50. The van der Waals surface area contributed by atoms with Crippen molar-refractivity contribution in [2.24, 2.45) is 0 Å². The number of nitrogens with one attached hydrogen (secondary N) is 1. The molecule has 1 atom stereocenters. The molecule has 2 aromatic carbocycles. The standard InChI is InChI=1S/C14H12BrF2N/c1-18-14(11-4-2-3-5-13(11)17)10-7-6-9(16)8-12(10)15/h2-8,14,18H,1H3. The third-order valence-electron chi connectivity index (χ3n) is 2.78. The van der Waals surface area contributed by atoms with Crippen LogP contribution in [-0.4, -0.2) is 7.05 Å². The minimum Gasteiger partial charge on any atom is -0.309 e. The molecule has 0 heterocycles. The molecule has 0 saturated heterocycles. The third kappa shape index (κ3) is 2.60. The molecule has 0 bridgehead atoms.